The minimum absolute atomic E-state index is 0.258. The SMILES string of the molecule is CC1=C(c2nc(-c3cccs3)no2)C(c2ccc(C)cc2)NC(=S)N1c1ccc(F)c(C)c1. The molecule has 0 spiro atoms. The van der Waals surface area contributed by atoms with Crippen LogP contribution in [0.3, 0.4) is 0 Å². The summed E-state index contributed by atoms with van der Waals surface area (Å²) in [5.74, 6) is 0.701. The fraction of sp³-hybridized carbons (Fsp3) is 0.160. The molecule has 166 valence electrons. The highest BCUT2D eigenvalue weighted by Crippen LogP contribution is 2.39. The molecule has 1 N–H and O–H groups in total. The van der Waals surface area contributed by atoms with Crippen LogP contribution in [-0.4, -0.2) is 15.3 Å². The number of halogens is 1. The van der Waals surface area contributed by atoms with Crippen molar-refractivity contribution in [3.05, 3.63) is 94.1 Å². The van der Waals surface area contributed by atoms with E-state index in [4.69, 9.17) is 21.7 Å². The Bertz CT molecular complexity index is 1360. The molecule has 2 aromatic carbocycles. The van der Waals surface area contributed by atoms with E-state index in [1.165, 1.54) is 11.6 Å². The van der Waals surface area contributed by atoms with Crippen molar-refractivity contribution in [3.63, 3.8) is 0 Å². The fourth-order valence-corrected chi connectivity index (χ4v) is 4.96. The first-order chi connectivity index (χ1) is 15.9. The van der Waals surface area contributed by atoms with E-state index in [0.29, 0.717) is 22.4 Å². The maximum Gasteiger partial charge on any atom is 0.258 e. The summed E-state index contributed by atoms with van der Waals surface area (Å²) in [6.07, 6.45) is 0. The van der Waals surface area contributed by atoms with E-state index in [1.807, 2.05) is 29.3 Å². The van der Waals surface area contributed by atoms with Crippen molar-refractivity contribution in [1.29, 1.82) is 0 Å². The van der Waals surface area contributed by atoms with Crippen molar-refractivity contribution in [2.75, 3.05) is 4.90 Å². The second-order valence-electron chi connectivity index (χ2n) is 7.96. The molecule has 33 heavy (non-hydrogen) atoms. The number of aryl methyl sites for hydroxylation is 2. The lowest BCUT2D eigenvalue weighted by Gasteiger charge is -2.37. The maximum absolute atomic E-state index is 13.9. The van der Waals surface area contributed by atoms with Crippen LogP contribution in [0.25, 0.3) is 16.3 Å². The molecule has 5 rings (SSSR count). The number of rotatable bonds is 4. The molecule has 5 nitrogen and oxygen atoms in total. The number of benzene rings is 2. The third-order valence-electron chi connectivity index (χ3n) is 5.69. The minimum Gasteiger partial charge on any atom is -0.351 e. The van der Waals surface area contributed by atoms with Gasteiger partial charge in [-0.2, -0.15) is 4.98 Å². The van der Waals surface area contributed by atoms with Gasteiger partial charge in [0.2, 0.25) is 5.82 Å². The summed E-state index contributed by atoms with van der Waals surface area (Å²) in [6.45, 7) is 5.76. The van der Waals surface area contributed by atoms with Gasteiger partial charge in [-0.3, -0.25) is 4.90 Å². The first-order valence-electron chi connectivity index (χ1n) is 10.4. The van der Waals surface area contributed by atoms with Gasteiger partial charge >= 0.3 is 0 Å². The Kier molecular flexibility index (Phi) is 5.55. The highest BCUT2D eigenvalue weighted by atomic mass is 32.1. The quantitative estimate of drug-likeness (QED) is 0.343. The minimum atomic E-state index is -0.271. The predicted octanol–water partition coefficient (Wildman–Crippen LogP) is 6.42. The van der Waals surface area contributed by atoms with Crippen LogP contribution in [-0.2, 0) is 0 Å². The van der Waals surface area contributed by atoms with Crippen LogP contribution in [0.1, 0.15) is 35.5 Å². The normalized spacial score (nSPS) is 16.3. The number of hydrogen-bond acceptors (Lipinski definition) is 5. The van der Waals surface area contributed by atoms with Gasteiger partial charge in [0.1, 0.15) is 5.82 Å². The van der Waals surface area contributed by atoms with Crippen molar-refractivity contribution in [2.45, 2.75) is 26.8 Å². The summed E-state index contributed by atoms with van der Waals surface area (Å²) < 4.78 is 19.7. The molecule has 0 aliphatic carbocycles. The molecule has 1 atom stereocenters. The molecule has 0 amide bonds. The number of nitrogens with zero attached hydrogens (tertiary/aromatic N) is 3. The maximum atomic E-state index is 13.9. The van der Waals surface area contributed by atoms with Gasteiger partial charge in [-0.15, -0.1) is 11.3 Å². The van der Waals surface area contributed by atoms with E-state index in [9.17, 15) is 4.39 Å². The molecule has 4 aromatic rings. The molecular formula is C25H21FN4OS2. The van der Waals surface area contributed by atoms with Gasteiger partial charge in [0, 0.05) is 11.4 Å². The van der Waals surface area contributed by atoms with Crippen LogP contribution in [0, 0.1) is 19.7 Å². The van der Waals surface area contributed by atoms with E-state index >= 15 is 0 Å². The zero-order chi connectivity index (χ0) is 23.1. The number of thiophene rings is 1. The molecule has 0 bridgehead atoms. The molecule has 0 fully saturated rings. The van der Waals surface area contributed by atoms with Gasteiger partial charge in [-0.1, -0.05) is 41.1 Å². The van der Waals surface area contributed by atoms with Crippen molar-refractivity contribution in [2.24, 2.45) is 0 Å². The van der Waals surface area contributed by atoms with E-state index in [-0.39, 0.29) is 11.9 Å². The van der Waals surface area contributed by atoms with Gasteiger partial charge in [-0.05, 0) is 73.8 Å². The first kappa shape index (κ1) is 21.5. The zero-order valence-electron chi connectivity index (χ0n) is 18.3. The lowest BCUT2D eigenvalue weighted by molar-refractivity contribution is 0.404. The number of anilines is 1. The van der Waals surface area contributed by atoms with Crippen LogP contribution < -0.4 is 10.2 Å². The number of hydrogen-bond donors (Lipinski definition) is 1. The molecule has 3 heterocycles. The lowest BCUT2D eigenvalue weighted by Crippen LogP contribution is -2.46. The van der Waals surface area contributed by atoms with E-state index < -0.39 is 0 Å². The monoisotopic (exact) mass is 476 g/mol. The highest BCUT2D eigenvalue weighted by molar-refractivity contribution is 7.80. The van der Waals surface area contributed by atoms with Gasteiger partial charge in [-0.25, -0.2) is 4.39 Å². The summed E-state index contributed by atoms with van der Waals surface area (Å²) >= 11 is 7.31. The summed E-state index contributed by atoms with van der Waals surface area (Å²) in [5.41, 5.74) is 5.18. The van der Waals surface area contributed by atoms with Gasteiger partial charge in [0.05, 0.1) is 16.5 Å². The smallest absolute Gasteiger partial charge is 0.258 e. The molecule has 1 aliphatic heterocycles. The second kappa shape index (κ2) is 8.53. The van der Waals surface area contributed by atoms with Crippen LogP contribution in [0.2, 0.25) is 0 Å². The average Bonchev–Trinajstić information content (AvgIpc) is 3.48. The molecule has 0 saturated heterocycles. The summed E-state index contributed by atoms with van der Waals surface area (Å²) in [6, 6.07) is 16.8. The standard InChI is InChI=1S/C25H21FN4OS2/c1-14-6-8-17(9-7-14)22-21(24-28-23(29-31-24)20-5-4-12-33-20)16(3)30(25(32)27-22)18-10-11-19(26)15(2)13-18/h4-13,22H,1-3H3,(H,27,32). The largest absolute Gasteiger partial charge is 0.351 e. The summed E-state index contributed by atoms with van der Waals surface area (Å²) in [5, 5.41) is 10.1. The predicted molar refractivity (Wildman–Crippen MR) is 133 cm³/mol. The Morgan fingerprint density at radius 2 is 1.88 bits per heavy atom. The van der Waals surface area contributed by atoms with E-state index in [1.54, 1.807) is 30.4 Å². The van der Waals surface area contributed by atoms with E-state index in [0.717, 1.165) is 27.4 Å². The third kappa shape index (κ3) is 3.96. The van der Waals surface area contributed by atoms with Crippen molar-refractivity contribution in [1.82, 2.24) is 15.5 Å². The lowest BCUT2D eigenvalue weighted by atomic mass is 9.94. The second-order valence-corrected chi connectivity index (χ2v) is 9.30. The Morgan fingerprint density at radius 1 is 1.09 bits per heavy atom. The fourth-order valence-electron chi connectivity index (χ4n) is 3.95. The highest BCUT2D eigenvalue weighted by Gasteiger charge is 2.35. The number of nitrogens with one attached hydrogen (secondary N) is 1. The molecule has 1 aliphatic rings. The molecular weight excluding hydrogens is 455 g/mol. The van der Waals surface area contributed by atoms with Gasteiger partial charge < -0.3 is 9.84 Å². The number of aromatic nitrogens is 2. The van der Waals surface area contributed by atoms with E-state index in [2.05, 4.69) is 41.7 Å². The third-order valence-corrected chi connectivity index (χ3v) is 6.86. The van der Waals surface area contributed by atoms with Crippen LogP contribution in [0.5, 0.6) is 0 Å². The number of allylic oxidation sites excluding steroid dienone is 1. The van der Waals surface area contributed by atoms with Crippen molar-refractivity contribution in [3.8, 4) is 10.7 Å². The van der Waals surface area contributed by atoms with Crippen LogP contribution in [0.4, 0.5) is 10.1 Å². The Morgan fingerprint density at radius 3 is 2.58 bits per heavy atom. The van der Waals surface area contributed by atoms with Crippen LogP contribution in [0.15, 0.2) is 70.2 Å². The Labute approximate surface area is 200 Å². The molecule has 2 aromatic heterocycles. The van der Waals surface area contributed by atoms with Gasteiger partial charge in [0.15, 0.2) is 5.11 Å². The summed E-state index contributed by atoms with van der Waals surface area (Å²) in [7, 11) is 0. The van der Waals surface area contributed by atoms with Crippen molar-refractivity contribution < 1.29 is 8.91 Å². The van der Waals surface area contributed by atoms with Crippen molar-refractivity contribution >= 4 is 39.9 Å². The van der Waals surface area contributed by atoms with Gasteiger partial charge in [0.25, 0.3) is 5.89 Å². The first-order valence-corrected chi connectivity index (χ1v) is 11.7. The molecule has 0 radical (unpaired) electrons. The topological polar surface area (TPSA) is 54.2 Å². The molecule has 1 unspecified atom stereocenters. The summed E-state index contributed by atoms with van der Waals surface area (Å²) in [4.78, 5) is 7.53. The average molecular weight is 477 g/mol. The number of thiocarbonyl (C=S) groups is 1. The molecule has 0 saturated carbocycles. The Hall–Kier alpha value is -3.36. The Balaban J connectivity index is 1.67. The van der Waals surface area contributed by atoms with Crippen LogP contribution >= 0.6 is 23.6 Å². The molecule has 8 heteroatoms. The zero-order valence-corrected chi connectivity index (χ0v) is 19.9.